The van der Waals surface area contributed by atoms with Crippen LogP contribution in [0.4, 0.5) is 0 Å². The number of ether oxygens (including phenoxy) is 4. The van der Waals surface area contributed by atoms with E-state index in [-0.39, 0.29) is 25.7 Å². The van der Waals surface area contributed by atoms with Crippen LogP contribution in [0.3, 0.4) is 0 Å². The Kier molecular flexibility index (Phi) is 67.8. The summed E-state index contributed by atoms with van der Waals surface area (Å²) in [7, 11) is -10.00. The highest BCUT2D eigenvalue weighted by molar-refractivity contribution is 7.47. The zero-order chi connectivity index (χ0) is 73.2. The first-order valence-electron chi connectivity index (χ1n) is 37.4. The second-order valence-electron chi connectivity index (χ2n) is 24.1. The van der Waals surface area contributed by atoms with Crippen LogP contribution in [-0.4, -0.2) is 96.7 Å². The van der Waals surface area contributed by atoms with E-state index in [0.29, 0.717) is 32.1 Å². The van der Waals surface area contributed by atoms with Gasteiger partial charge in [0.1, 0.15) is 19.3 Å². The van der Waals surface area contributed by atoms with E-state index in [1.807, 2.05) is 12.2 Å². The number of aliphatic hydroxyl groups excluding tert-OH is 1. The van der Waals surface area contributed by atoms with Crippen molar-refractivity contribution in [2.24, 2.45) is 0 Å². The molecule has 0 heterocycles. The van der Waals surface area contributed by atoms with Crippen LogP contribution < -0.4 is 0 Å². The Labute approximate surface area is 603 Å². The molecule has 17 nitrogen and oxygen atoms in total. The topological polar surface area (TPSA) is 237 Å². The van der Waals surface area contributed by atoms with E-state index in [1.165, 1.54) is 12.8 Å². The van der Waals surface area contributed by atoms with Gasteiger partial charge in [-0.05, 0) is 161 Å². The normalized spacial score (nSPS) is 14.9. The van der Waals surface area contributed by atoms with Crippen molar-refractivity contribution in [2.75, 3.05) is 39.6 Å². The lowest BCUT2D eigenvalue weighted by Crippen LogP contribution is -2.30. The molecule has 0 spiro atoms. The first-order chi connectivity index (χ1) is 48.7. The van der Waals surface area contributed by atoms with Gasteiger partial charge in [-0.1, -0.05) is 243 Å². The maximum absolute atomic E-state index is 13.1. The van der Waals surface area contributed by atoms with Crippen molar-refractivity contribution >= 4 is 39.5 Å². The van der Waals surface area contributed by atoms with Gasteiger partial charge in [-0.2, -0.15) is 0 Å². The van der Waals surface area contributed by atoms with Gasteiger partial charge in [0.05, 0.1) is 26.4 Å². The minimum atomic E-state index is -5.00. The summed E-state index contributed by atoms with van der Waals surface area (Å²) in [6.07, 6.45) is 83.7. The van der Waals surface area contributed by atoms with Gasteiger partial charge in [0.2, 0.25) is 0 Å². The molecule has 0 aromatic carbocycles. The van der Waals surface area contributed by atoms with E-state index >= 15 is 0 Å². The molecule has 0 aromatic rings. The summed E-state index contributed by atoms with van der Waals surface area (Å²) < 4.78 is 68.3. The third kappa shape index (κ3) is 70.8. The maximum Gasteiger partial charge on any atom is 0.472 e. The second kappa shape index (κ2) is 71.8. The van der Waals surface area contributed by atoms with Crippen LogP contribution in [0.1, 0.15) is 259 Å². The molecule has 566 valence electrons. The number of allylic oxidation sites excluding steroid dienone is 28. The summed E-state index contributed by atoms with van der Waals surface area (Å²) in [5.74, 6) is -2.35. The van der Waals surface area contributed by atoms with Gasteiger partial charge < -0.3 is 33.8 Å². The molecule has 0 aliphatic heterocycles. The average Bonchev–Trinajstić information content (AvgIpc) is 1.00. The third-order valence-corrected chi connectivity index (χ3v) is 16.6. The van der Waals surface area contributed by atoms with Crippen molar-refractivity contribution in [1.29, 1.82) is 0 Å². The summed E-state index contributed by atoms with van der Waals surface area (Å²) in [5, 5.41) is 10.6. The van der Waals surface area contributed by atoms with Crippen molar-refractivity contribution in [1.82, 2.24) is 0 Å². The Hall–Kier alpha value is -5.58. The summed E-state index contributed by atoms with van der Waals surface area (Å²) in [6, 6.07) is 0. The quantitative estimate of drug-likeness (QED) is 0.0169. The summed E-state index contributed by atoms with van der Waals surface area (Å²) >= 11 is 0. The summed E-state index contributed by atoms with van der Waals surface area (Å²) in [4.78, 5) is 72.8. The SMILES string of the molecule is CC/C=C\C/C=C\C/C=C\C/C=C\C/C=C\CCCC(=O)OCC(COP(=O)(O)OCC(O)COP(=O)(O)OCC(COC(=O)CCCC/C=C\C/C=C\C/C=C\C/C=C\CC)OC(=O)CCCCCCC/C=C\CCCC)OC(=O)CCCCCC/C=C\C/C=C\C/C=C\C/C=C\CC. The second-order valence-corrected chi connectivity index (χ2v) is 27.0. The highest BCUT2D eigenvalue weighted by Crippen LogP contribution is 2.45. The summed E-state index contributed by atoms with van der Waals surface area (Å²) in [6.45, 7) is 4.30. The predicted molar refractivity (Wildman–Crippen MR) is 408 cm³/mol. The lowest BCUT2D eigenvalue weighted by Gasteiger charge is -2.21. The van der Waals surface area contributed by atoms with Crippen LogP contribution in [-0.2, 0) is 65.4 Å². The largest absolute Gasteiger partial charge is 0.472 e. The molecule has 0 rings (SSSR count). The number of phosphoric acid groups is 2. The summed E-state index contributed by atoms with van der Waals surface area (Å²) in [5.41, 5.74) is 0. The fourth-order valence-corrected chi connectivity index (χ4v) is 10.6. The molecule has 0 aromatic heterocycles. The monoisotopic (exact) mass is 1440 g/mol. The predicted octanol–water partition coefficient (Wildman–Crippen LogP) is 21.4. The van der Waals surface area contributed by atoms with Crippen molar-refractivity contribution in [3.05, 3.63) is 170 Å². The standard InChI is InChI=1S/C81H130O17P2/c1-5-9-13-17-21-25-29-32-35-37-40-43-47-50-54-58-62-66-79(84)92-72-77(98-81(86)68-64-60-56-52-48-44-41-38-36-33-30-26-22-18-14-10-6-2)74-96-100(89,90)94-70-75(82)69-93-99(87,88)95-73-76(97-80(85)67-63-59-55-51-45-28-24-20-16-12-8-4)71-91-78(83)65-61-57-53-49-46-42-39-34-31-27-23-19-15-11-7-3/h9-11,13-15,20-27,32-36,39-41,43-44,46,49-50,54,75-77,82H,5-8,12,16-19,28-31,37-38,42,45,47-48,51-53,55-74H2,1-4H3,(H,87,88)(H,89,90)/b13-9-,14-10-,15-11-,24-20-,25-21-,26-22-,27-23-,35-32-,36-33-,39-34-,43-40-,44-41-,49-46-,54-50-. The highest BCUT2D eigenvalue weighted by atomic mass is 31.2. The Bertz CT molecular complexity index is 2570. The van der Waals surface area contributed by atoms with Crippen LogP contribution in [0.5, 0.6) is 0 Å². The van der Waals surface area contributed by atoms with Gasteiger partial charge in [0, 0.05) is 25.7 Å². The van der Waals surface area contributed by atoms with Crippen LogP contribution in [0.15, 0.2) is 170 Å². The molecular formula is C81H130O17P2. The molecule has 0 radical (unpaired) electrons. The Balaban J connectivity index is 5.47. The zero-order valence-electron chi connectivity index (χ0n) is 61.5. The molecule has 0 fully saturated rings. The lowest BCUT2D eigenvalue weighted by atomic mass is 10.1. The first-order valence-corrected chi connectivity index (χ1v) is 40.4. The Morgan fingerprint density at radius 1 is 0.290 bits per heavy atom. The van der Waals surface area contributed by atoms with Crippen molar-refractivity contribution in [2.45, 2.75) is 277 Å². The van der Waals surface area contributed by atoms with Gasteiger partial charge in [0.15, 0.2) is 12.2 Å². The third-order valence-electron chi connectivity index (χ3n) is 14.7. The Morgan fingerprint density at radius 3 is 0.870 bits per heavy atom. The van der Waals surface area contributed by atoms with Crippen molar-refractivity contribution in [3.63, 3.8) is 0 Å². The fourth-order valence-electron chi connectivity index (χ4n) is 9.04. The molecule has 3 N–H and O–H groups in total. The van der Waals surface area contributed by atoms with Crippen LogP contribution >= 0.6 is 15.6 Å². The number of hydrogen-bond donors (Lipinski definition) is 3. The molecule has 0 bridgehead atoms. The molecule has 0 amide bonds. The minimum absolute atomic E-state index is 0.0471. The number of carbonyl (C=O) groups excluding carboxylic acids is 4. The number of aliphatic hydroxyl groups is 1. The van der Waals surface area contributed by atoms with Crippen LogP contribution in [0, 0.1) is 0 Å². The smallest absolute Gasteiger partial charge is 0.462 e. The molecular weight excluding hydrogens is 1310 g/mol. The molecule has 5 atom stereocenters. The van der Waals surface area contributed by atoms with E-state index < -0.39 is 97.5 Å². The van der Waals surface area contributed by atoms with Gasteiger partial charge in [-0.15, -0.1) is 0 Å². The molecule has 0 aliphatic rings. The minimum Gasteiger partial charge on any atom is -0.462 e. The van der Waals surface area contributed by atoms with Crippen LogP contribution in [0.2, 0.25) is 0 Å². The number of unbranched alkanes of at least 4 members (excludes halogenated alkanes) is 14. The molecule has 0 saturated carbocycles. The molecule has 0 saturated heterocycles. The van der Waals surface area contributed by atoms with Gasteiger partial charge in [-0.25, -0.2) is 9.13 Å². The molecule has 5 unspecified atom stereocenters. The molecule has 19 heteroatoms. The fraction of sp³-hybridized carbons (Fsp3) is 0.605. The Morgan fingerprint density at radius 2 is 0.530 bits per heavy atom. The first kappa shape index (κ1) is 94.4. The van der Waals surface area contributed by atoms with Gasteiger partial charge >= 0.3 is 39.5 Å². The number of carbonyl (C=O) groups is 4. The number of esters is 4. The zero-order valence-corrected chi connectivity index (χ0v) is 63.3. The number of rotatable bonds is 68. The van der Waals surface area contributed by atoms with E-state index in [1.54, 1.807) is 0 Å². The van der Waals surface area contributed by atoms with Crippen molar-refractivity contribution < 1.29 is 80.2 Å². The number of phosphoric ester groups is 2. The van der Waals surface area contributed by atoms with E-state index in [9.17, 15) is 43.2 Å². The average molecular weight is 1440 g/mol. The highest BCUT2D eigenvalue weighted by Gasteiger charge is 2.30. The maximum atomic E-state index is 13.1. The molecule has 100 heavy (non-hydrogen) atoms. The van der Waals surface area contributed by atoms with Crippen LogP contribution in [0.25, 0.3) is 0 Å². The lowest BCUT2D eigenvalue weighted by molar-refractivity contribution is -0.161. The van der Waals surface area contributed by atoms with Gasteiger partial charge in [0.25, 0.3) is 0 Å². The van der Waals surface area contributed by atoms with Crippen molar-refractivity contribution in [3.8, 4) is 0 Å². The molecule has 0 aliphatic carbocycles. The van der Waals surface area contributed by atoms with E-state index in [0.717, 1.165) is 161 Å². The van der Waals surface area contributed by atoms with E-state index in [2.05, 4.69) is 186 Å². The van der Waals surface area contributed by atoms with Gasteiger partial charge in [-0.3, -0.25) is 37.3 Å². The van der Waals surface area contributed by atoms with E-state index in [4.69, 9.17) is 37.0 Å². The number of hydrogen-bond acceptors (Lipinski definition) is 15.